The molecule has 0 amide bonds. The summed E-state index contributed by atoms with van der Waals surface area (Å²) in [4.78, 5) is 2.36. The third-order valence-corrected chi connectivity index (χ3v) is 7.69. The molecule has 0 saturated heterocycles. The van der Waals surface area contributed by atoms with Gasteiger partial charge in [0.25, 0.3) is 0 Å². The van der Waals surface area contributed by atoms with E-state index in [1.807, 2.05) is 0 Å². The van der Waals surface area contributed by atoms with E-state index in [1.54, 1.807) is 5.57 Å². The molecule has 5 aromatic rings. The molecule has 0 N–H and O–H groups in total. The van der Waals surface area contributed by atoms with E-state index < -0.39 is 0 Å². The minimum Gasteiger partial charge on any atom is -0.310 e. The van der Waals surface area contributed by atoms with Gasteiger partial charge in [0.05, 0.1) is 5.69 Å². The van der Waals surface area contributed by atoms with E-state index in [4.69, 9.17) is 0 Å². The number of hydrogen-bond acceptors (Lipinski definition) is 1. The first kappa shape index (κ1) is 20.3. The lowest BCUT2D eigenvalue weighted by molar-refractivity contribution is 0.727. The van der Waals surface area contributed by atoms with Crippen LogP contribution in [-0.4, -0.2) is 0 Å². The van der Waals surface area contributed by atoms with E-state index in [0.717, 1.165) is 11.4 Å². The second-order valence-electron chi connectivity index (χ2n) is 9.77. The van der Waals surface area contributed by atoms with Crippen LogP contribution in [0.15, 0.2) is 121 Å². The molecule has 0 radical (unpaired) electrons. The molecule has 2 aliphatic carbocycles. The summed E-state index contributed by atoms with van der Waals surface area (Å²) in [6, 6.07) is 41.9. The van der Waals surface area contributed by atoms with Gasteiger partial charge in [0.2, 0.25) is 0 Å². The monoisotopic (exact) mass is 449 g/mol. The van der Waals surface area contributed by atoms with Crippen molar-refractivity contribution in [2.45, 2.75) is 25.2 Å². The fourth-order valence-electron chi connectivity index (χ4n) is 6.04. The minimum absolute atomic E-state index is 0.696. The summed E-state index contributed by atoms with van der Waals surface area (Å²) >= 11 is 0. The maximum absolute atomic E-state index is 2.46. The Hall–Kier alpha value is -4.10. The highest BCUT2D eigenvalue weighted by Crippen LogP contribution is 2.47. The van der Waals surface area contributed by atoms with Gasteiger partial charge in [-0.2, -0.15) is 0 Å². The van der Waals surface area contributed by atoms with Crippen LogP contribution in [0.3, 0.4) is 0 Å². The van der Waals surface area contributed by atoms with Gasteiger partial charge < -0.3 is 4.90 Å². The Bertz CT molecular complexity index is 1520. The zero-order chi connectivity index (χ0) is 23.2. The number of hydrogen-bond donors (Lipinski definition) is 0. The predicted molar refractivity (Wildman–Crippen MR) is 149 cm³/mol. The van der Waals surface area contributed by atoms with Crippen LogP contribution < -0.4 is 4.90 Å². The molecular weight excluding hydrogens is 422 g/mol. The van der Waals surface area contributed by atoms with Crippen LogP contribution in [0.1, 0.15) is 36.3 Å². The van der Waals surface area contributed by atoms with Crippen molar-refractivity contribution >= 4 is 33.9 Å². The minimum atomic E-state index is 0.696. The molecule has 1 nitrogen and oxygen atoms in total. The summed E-state index contributed by atoms with van der Waals surface area (Å²) in [5, 5.41) is 2.55. The zero-order valence-electron chi connectivity index (χ0n) is 19.7. The molecule has 1 fully saturated rings. The molecule has 7 rings (SSSR count). The molecule has 35 heavy (non-hydrogen) atoms. The molecule has 1 heteroatoms. The summed E-state index contributed by atoms with van der Waals surface area (Å²) in [7, 11) is 0. The summed E-state index contributed by atoms with van der Waals surface area (Å²) in [6.45, 7) is 0. The first-order chi connectivity index (χ1) is 17.3. The SMILES string of the molecule is C1=C2CCC(C2)c2cc(-c3ccc(N(c4ccccc4)c4ccccc4)c4ccccc34)ccc21. The van der Waals surface area contributed by atoms with Gasteiger partial charge in [0, 0.05) is 16.8 Å². The van der Waals surface area contributed by atoms with Crippen LogP contribution in [0.5, 0.6) is 0 Å². The Morgan fingerprint density at radius 2 is 1.31 bits per heavy atom. The number of para-hydroxylation sites is 2. The van der Waals surface area contributed by atoms with Crippen LogP contribution in [0, 0.1) is 0 Å². The molecule has 0 heterocycles. The van der Waals surface area contributed by atoms with E-state index in [2.05, 4.69) is 126 Å². The van der Waals surface area contributed by atoms with Crippen LogP contribution >= 0.6 is 0 Å². The number of rotatable bonds is 4. The first-order valence-corrected chi connectivity index (χ1v) is 12.6. The lowest BCUT2D eigenvalue weighted by Crippen LogP contribution is -2.10. The quantitative estimate of drug-likeness (QED) is 0.264. The van der Waals surface area contributed by atoms with Gasteiger partial charge in [-0.1, -0.05) is 96.6 Å². The molecule has 5 aromatic carbocycles. The molecule has 0 spiro atoms. The van der Waals surface area contributed by atoms with E-state index in [0.29, 0.717) is 5.92 Å². The Morgan fingerprint density at radius 1 is 0.629 bits per heavy atom. The van der Waals surface area contributed by atoms with Crippen molar-refractivity contribution < 1.29 is 0 Å². The largest absolute Gasteiger partial charge is 0.310 e. The molecule has 1 saturated carbocycles. The fraction of sp³-hybridized carbons (Fsp3) is 0.118. The van der Waals surface area contributed by atoms with Gasteiger partial charge >= 0.3 is 0 Å². The van der Waals surface area contributed by atoms with E-state index in [-0.39, 0.29) is 0 Å². The maximum Gasteiger partial charge on any atom is 0.0540 e. The molecule has 0 aliphatic heterocycles. The van der Waals surface area contributed by atoms with Crippen LogP contribution in [0.25, 0.3) is 28.0 Å². The predicted octanol–water partition coefficient (Wildman–Crippen LogP) is 9.64. The van der Waals surface area contributed by atoms with E-state index in [9.17, 15) is 0 Å². The normalized spacial score (nSPS) is 16.1. The molecular formula is C34H27N. The van der Waals surface area contributed by atoms with E-state index >= 15 is 0 Å². The molecule has 0 aromatic heterocycles. The number of allylic oxidation sites excluding steroid dienone is 1. The summed E-state index contributed by atoms with van der Waals surface area (Å²) in [5.41, 5.74) is 10.7. The van der Waals surface area contributed by atoms with E-state index in [1.165, 1.54) is 58.0 Å². The van der Waals surface area contributed by atoms with Crippen LogP contribution in [0.2, 0.25) is 0 Å². The average molecular weight is 450 g/mol. The van der Waals surface area contributed by atoms with Crippen molar-refractivity contribution in [2.24, 2.45) is 0 Å². The van der Waals surface area contributed by atoms with Gasteiger partial charge in [-0.05, 0) is 83.2 Å². The van der Waals surface area contributed by atoms with Gasteiger partial charge in [-0.15, -0.1) is 0 Å². The van der Waals surface area contributed by atoms with Gasteiger partial charge in [-0.25, -0.2) is 0 Å². The van der Waals surface area contributed by atoms with Crippen molar-refractivity contribution in [1.82, 2.24) is 0 Å². The molecule has 168 valence electrons. The van der Waals surface area contributed by atoms with Crippen LogP contribution in [0.4, 0.5) is 17.1 Å². The van der Waals surface area contributed by atoms with Gasteiger partial charge in [0.1, 0.15) is 0 Å². The number of nitrogens with zero attached hydrogens (tertiary/aromatic N) is 1. The first-order valence-electron chi connectivity index (χ1n) is 12.6. The van der Waals surface area contributed by atoms with Crippen molar-refractivity contribution in [3.05, 3.63) is 132 Å². The zero-order valence-corrected chi connectivity index (χ0v) is 19.7. The van der Waals surface area contributed by atoms with Gasteiger partial charge in [0.15, 0.2) is 0 Å². The molecule has 2 bridgehead atoms. The number of anilines is 3. The highest BCUT2D eigenvalue weighted by Gasteiger charge is 2.27. The topological polar surface area (TPSA) is 3.24 Å². The number of fused-ring (bicyclic) bond motifs is 5. The van der Waals surface area contributed by atoms with Crippen LogP contribution in [-0.2, 0) is 0 Å². The molecule has 2 aliphatic rings. The third kappa shape index (κ3) is 3.47. The second kappa shape index (κ2) is 8.29. The number of benzene rings is 5. The van der Waals surface area contributed by atoms with Crippen molar-refractivity contribution in [2.75, 3.05) is 4.90 Å². The molecule has 1 unspecified atom stereocenters. The van der Waals surface area contributed by atoms with Gasteiger partial charge in [-0.3, -0.25) is 0 Å². The Morgan fingerprint density at radius 3 is 2.06 bits per heavy atom. The standard InChI is InChI=1S/C34H27N/c1-3-9-28(10-4-1)35(29-11-5-2-6-12-29)34-20-19-30(31-13-7-8-14-32(31)34)27-18-17-26-22-24-15-16-25(21-24)33(26)23-27/h1-14,17-20,22-23,25H,15-16,21H2. The summed E-state index contributed by atoms with van der Waals surface area (Å²) in [6.07, 6.45) is 6.24. The summed E-state index contributed by atoms with van der Waals surface area (Å²) < 4.78 is 0. The smallest absolute Gasteiger partial charge is 0.0540 e. The average Bonchev–Trinajstić information content (AvgIpc) is 3.32. The third-order valence-electron chi connectivity index (χ3n) is 7.69. The lowest BCUT2D eigenvalue weighted by Gasteiger charge is -2.27. The Balaban J connectivity index is 1.41. The fourth-order valence-corrected chi connectivity index (χ4v) is 6.04. The van der Waals surface area contributed by atoms with Crippen molar-refractivity contribution in [3.63, 3.8) is 0 Å². The second-order valence-corrected chi connectivity index (χ2v) is 9.77. The Labute approximate surface area is 207 Å². The Kier molecular flexibility index (Phi) is 4.80. The maximum atomic E-state index is 2.46. The van der Waals surface area contributed by atoms with Crippen molar-refractivity contribution in [1.29, 1.82) is 0 Å². The lowest BCUT2D eigenvalue weighted by atomic mass is 9.85. The van der Waals surface area contributed by atoms with Crippen molar-refractivity contribution in [3.8, 4) is 11.1 Å². The molecule has 1 atom stereocenters. The summed E-state index contributed by atoms with van der Waals surface area (Å²) in [5.74, 6) is 0.696. The highest BCUT2D eigenvalue weighted by atomic mass is 15.1. The highest BCUT2D eigenvalue weighted by molar-refractivity contribution is 6.06.